The fourth-order valence-electron chi connectivity index (χ4n) is 2.49. The van der Waals surface area contributed by atoms with E-state index < -0.39 is 5.97 Å². The molecule has 0 aliphatic carbocycles. The highest BCUT2D eigenvalue weighted by molar-refractivity contribution is 5.74. The monoisotopic (exact) mass is 376 g/mol. The van der Waals surface area contributed by atoms with Gasteiger partial charge in [0, 0.05) is 24.5 Å². The molecule has 0 saturated carbocycles. The first-order chi connectivity index (χ1) is 13.6. The van der Waals surface area contributed by atoms with Gasteiger partial charge in [-0.2, -0.15) is 0 Å². The maximum Gasteiger partial charge on any atom is 0.307 e. The molecule has 0 saturated heterocycles. The van der Waals surface area contributed by atoms with Crippen molar-refractivity contribution in [3.8, 4) is 5.75 Å². The number of aliphatic imine (C=N–C) groups is 1. The number of carbonyl (C=O) groups is 1. The van der Waals surface area contributed by atoms with E-state index in [1.807, 2.05) is 48.6 Å². The normalized spacial score (nSPS) is 11.8. The van der Waals surface area contributed by atoms with E-state index in [-0.39, 0.29) is 13.0 Å². The molecular formula is C23H24N2O3. The first-order valence-electron chi connectivity index (χ1n) is 8.85. The van der Waals surface area contributed by atoms with Gasteiger partial charge in [-0.25, -0.2) is 0 Å². The van der Waals surface area contributed by atoms with Gasteiger partial charge in [0.05, 0.1) is 6.42 Å². The number of allylic oxidation sites excluding steroid dienone is 1. The van der Waals surface area contributed by atoms with Crippen molar-refractivity contribution in [3.63, 3.8) is 0 Å². The van der Waals surface area contributed by atoms with Gasteiger partial charge in [0.2, 0.25) is 0 Å². The Morgan fingerprint density at radius 2 is 2.04 bits per heavy atom. The van der Waals surface area contributed by atoms with Crippen molar-refractivity contribution in [2.24, 2.45) is 10.7 Å². The Hall–Kier alpha value is -3.44. The molecule has 2 aromatic carbocycles. The van der Waals surface area contributed by atoms with E-state index in [0.717, 1.165) is 16.7 Å². The van der Waals surface area contributed by atoms with E-state index in [0.29, 0.717) is 17.9 Å². The summed E-state index contributed by atoms with van der Waals surface area (Å²) < 4.78 is 5.87. The number of carboxylic acids is 1. The van der Waals surface area contributed by atoms with Crippen molar-refractivity contribution in [2.45, 2.75) is 13.0 Å². The van der Waals surface area contributed by atoms with Crippen LogP contribution in [0, 0.1) is 0 Å². The first-order valence-corrected chi connectivity index (χ1v) is 8.85. The Kier molecular flexibility index (Phi) is 8.43. The summed E-state index contributed by atoms with van der Waals surface area (Å²) in [5.74, 6) is -0.348. The van der Waals surface area contributed by atoms with Crippen molar-refractivity contribution >= 4 is 18.3 Å². The highest BCUT2D eigenvalue weighted by Gasteiger charge is 2.07. The summed E-state index contributed by atoms with van der Waals surface area (Å²) in [5.41, 5.74) is 9.28. The number of nitrogens with zero attached hydrogens (tertiary/aromatic N) is 1. The third-order valence-electron chi connectivity index (χ3n) is 3.87. The summed E-state index contributed by atoms with van der Waals surface area (Å²) in [6, 6.07) is 15.1. The fourth-order valence-corrected chi connectivity index (χ4v) is 2.49. The van der Waals surface area contributed by atoms with Crippen LogP contribution in [0.5, 0.6) is 5.75 Å². The second kappa shape index (κ2) is 11.3. The van der Waals surface area contributed by atoms with Gasteiger partial charge in [-0.3, -0.25) is 9.79 Å². The van der Waals surface area contributed by atoms with Gasteiger partial charge in [0.1, 0.15) is 12.4 Å². The highest BCUT2D eigenvalue weighted by Crippen LogP contribution is 2.19. The standard InChI is InChI=1S/C23H24N2O3/c1-2-25-13-12-19(11-10-18-6-5-7-20(14-18)16-24)17-28-22-9-4-3-8-21(22)15-23(26)27/h2-14H,1,15-17,24H2,(H,26,27)/b11-10+,19-12+,25-13+. The van der Waals surface area contributed by atoms with Gasteiger partial charge in [-0.15, -0.1) is 0 Å². The van der Waals surface area contributed by atoms with Crippen LogP contribution in [-0.4, -0.2) is 23.9 Å². The van der Waals surface area contributed by atoms with E-state index in [2.05, 4.69) is 11.6 Å². The molecule has 144 valence electrons. The molecule has 0 aliphatic rings. The summed E-state index contributed by atoms with van der Waals surface area (Å²) in [4.78, 5) is 15.0. The lowest BCUT2D eigenvalue weighted by Gasteiger charge is -2.11. The number of hydrogen-bond donors (Lipinski definition) is 2. The van der Waals surface area contributed by atoms with E-state index in [9.17, 15) is 4.79 Å². The maximum atomic E-state index is 11.0. The first kappa shape index (κ1) is 20.9. The van der Waals surface area contributed by atoms with Crippen LogP contribution in [0.3, 0.4) is 0 Å². The molecule has 0 radical (unpaired) electrons. The van der Waals surface area contributed by atoms with Crippen LogP contribution in [0.4, 0.5) is 0 Å². The van der Waals surface area contributed by atoms with Crippen LogP contribution < -0.4 is 10.5 Å². The van der Waals surface area contributed by atoms with Gasteiger partial charge >= 0.3 is 5.97 Å². The summed E-state index contributed by atoms with van der Waals surface area (Å²) >= 11 is 0. The molecular weight excluding hydrogens is 352 g/mol. The molecule has 0 aliphatic heterocycles. The van der Waals surface area contributed by atoms with Gasteiger partial charge in [-0.1, -0.05) is 61.2 Å². The third kappa shape index (κ3) is 7.05. The number of rotatable bonds is 10. The third-order valence-corrected chi connectivity index (χ3v) is 3.87. The van der Waals surface area contributed by atoms with Crippen LogP contribution in [-0.2, 0) is 17.8 Å². The number of hydrogen-bond acceptors (Lipinski definition) is 4. The van der Waals surface area contributed by atoms with Gasteiger partial charge in [0.15, 0.2) is 0 Å². The number of benzene rings is 2. The number of nitrogens with two attached hydrogens (primary N) is 1. The molecule has 0 spiro atoms. The summed E-state index contributed by atoms with van der Waals surface area (Å²) in [6.45, 7) is 4.32. The van der Waals surface area contributed by atoms with Crippen LogP contribution in [0.15, 0.2) is 84.0 Å². The predicted molar refractivity (Wildman–Crippen MR) is 113 cm³/mol. The zero-order valence-electron chi connectivity index (χ0n) is 15.6. The second-order valence-corrected chi connectivity index (χ2v) is 5.97. The quantitative estimate of drug-likeness (QED) is 0.485. The van der Waals surface area contributed by atoms with E-state index in [1.54, 1.807) is 24.4 Å². The molecule has 0 fully saturated rings. The highest BCUT2D eigenvalue weighted by atomic mass is 16.5. The van der Waals surface area contributed by atoms with Crippen molar-refractivity contribution in [1.82, 2.24) is 0 Å². The Morgan fingerprint density at radius 3 is 2.79 bits per heavy atom. The van der Waals surface area contributed by atoms with Crippen molar-refractivity contribution < 1.29 is 14.6 Å². The van der Waals surface area contributed by atoms with Gasteiger partial charge < -0.3 is 15.6 Å². The molecule has 0 amide bonds. The number of aliphatic carboxylic acids is 1. The van der Waals surface area contributed by atoms with E-state index >= 15 is 0 Å². The molecule has 5 heteroatoms. The minimum absolute atomic E-state index is 0.0884. The zero-order chi connectivity index (χ0) is 20.2. The van der Waals surface area contributed by atoms with Crippen LogP contribution in [0.2, 0.25) is 0 Å². The molecule has 3 N–H and O–H groups in total. The Bertz CT molecular complexity index is 898. The van der Waals surface area contributed by atoms with Crippen LogP contribution in [0.1, 0.15) is 16.7 Å². The minimum Gasteiger partial charge on any atom is -0.489 e. The smallest absolute Gasteiger partial charge is 0.307 e. The minimum atomic E-state index is -0.899. The van der Waals surface area contributed by atoms with E-state index in [1.165, 1.54) is 6.20 Å². The molecule has 0 bridgehead atoms. The van der Waals surface area contributed by atoms with Crippen molar-refractivity contribution in [3.05, 3.63) is 95.7 Å². The summed E-state index contributed by atoms with van der Waals surface area (Å²) in [5, 5.41) is 9.05. The molecule has 5 nitrogen and oxygen atoms in total. The average Bonchev–Trinajstić information content (AvgIpc) is 2.70. The average molecular weight is 376 g/mol. The summed E-state index contributed by atoms with van der Waals surface area (Å²) in [6.07, 6.45) is 8.73. The lowest BCUT2D eigenvalue weighted by Crippen LogP contribution is -2.06. The molecule has 0 atom stereocenters. The molecule has 28 heavy (non-hydrogen) atoms. The van der Waals surface area contributed by atoms with E-state index in [4.69, 9.17) is 15.6 Å². The molecule has 0 unspecified atom stereocenters. The SMILES string of the molecule is C=C/N=C/C=C(\C=C\c1cccc(CN)c1)COc1ccccc1CC(=O)O. The molecule has 2 rings (SSSR count). The predicted octanol–water partition coefficient (Wildman–Crippen LogP) is 4.01. The lowest BCUT2D eigenvalue weighted by molar-refractivity contribution is -0.136. The summed E-state index contributed by atoms with van der Waals surface area (Å²) in [7, 11) is 0. The van der Waals surface area contributed by atoms with Gasteiger partial charge in [0.25, 0.3) is 0 Å². The molecule has 2 aromatic rings. The van der Waals surface area contributed by atoms with Crippen LogP contribution >= 0.6 is 0 Å². The van der Waals surface area contributed by atoms with Crippen LogP contribution in [0.25, 0.3) is 6.08 Å². The zero-order valence-corrected chi connectivity index (χ0v) is 15.6. The lowest BCUT2D eigenvalue weighted by atomic mass is 10.1. The molecule has 0 heterocycles. The maximum absolute atomic E-state index is 11.0. The van der Waals surface area contributed by atoms with Crippen molar-refractivity contribution in [2.75, 3.05) is 6.61 Å². The number of ether oxygens (including phenoxy) is 1. The Morgan fingerprint density at radius 1 is 1.21 bits per heavy atom. The second-order valence-electron chi connectivity index (χ2n) is 5.97. The number of carboxylic acid groups (broad SMARTS) is 1. The Balaban J connectivity index is 2.17. The van der Waals surface area contributed by atoms with Gasteiger partial charge in [-0.05, 0) is 28.8 Å². The van der Waals surface area contributed by atoms with Crippen molar-refractivity contribution in [1.29, 1.82) is 0 Å². The molecule has 0 aromatic heterocycles. The number of para-hydroxylation sites is 1. The topological polar surface area (TPSA) is 84.9 Å². The fraction of sp³-hybridized carbons (Fsp3) is 0.130. The Labute approximate surface area is 165 Å². The largest absolute Gasteiger partial charge is 0.489 e.